The van der Waals surface area contributed by atoms with Crippen LogP contribution in [0.5, 0.6) is 0 Å². The maximum absolute atomic E-state index is 12.9. The zero-order valence-corrected chi connectivity index (χ0v) is 19.7. The second-order valence-corrected chi connectivity index (χ2v) is 9.12. The van der Waals surface area contributed by atoms with Crippen LogP contribution in [0.4, 0.5) is 17.1 Å². The minimum atomic E-state index is -0.347. The molecule has 0 saturated carbocycles. The Bertz CT molecular complexity index is 1380. The highest BCUT2D eigenvalue weighted by Gasteiger charge is 2.48. The molecule has 1 aliphatic heterocycles. The van der Waals surface area contributed by atoms with Gasteiger partial charge < -0.3 is 10.6 Å². The fraction of sp³-hybridized carbons (Fsp3) is 0.172. The minimum Gasteiger partial charge on any atom is -0.322 e. The first kappa shape index (κ1) is 23.2. The molecule has 0 aromatic heterocycles. The average molecular weight is 480 g/mol. The monoisotopic (exact) mass is 479 g/mol. The van der Waals surface area contributed by atoms with Gasteiger partial charge in [-0.05, 0) is 74.4 Å². The molecule has 1 heterocycles. The molecule has 7 nitrogen and oxygen atoms in total. The van der Waals surface area contributed by atoms with Crippen LogP contribution >= 0.6 is 0 Å². The molecule has 36 heavy (non-hydrogen) atoms. The molecule has 7 heteroatoms. The molecule has 1 saturated heterocycles. The molecule has 1 fully saturated rings. The molecule has 3 aromatic carbocycles. The predicted molar refractivity (Wildman–Crippen MR) is 138 cm³/mol. The Hall–Kier alpha value is -4.52. The zero-order chi connectivity index (χ0) is 25.2. The molecule has 180 valence electrons. The summed E-state index contributed by atoms with van der Waals surface area (Å²) in [6.07, 6.45) is 3.23. The smallest absolute Gasteiger partial charge is 0.255 e. The van der Waals surface area contributed by atoms with E-state index in [4.69, 9.17) is 0 Å². The molecule has 2 aliphatic rings. The maximum atomic E-state index is 12.9. The van der Waals surface area contributed by atoms with Crippen molar-refractivity contribution in [1.82, 2.24) is 0 Å². The van der Waals surface area contributed by atoms with Gasteiger partial charge in [0.15, 0.2) is 0 Å². The van der Waals surface area contributed by atoms with Gasteiger partial charge in [0.25, 0.3) is 11.8 Å². The van der Waals surface area contributed by atoms with Gasteiger partial charge in [-0.25, -0.2) is 0 Å². The molecular formula is C29H25N3O4. The van der Waals surface area contributed by atoms with Gasteiger partial charge in [-0.2, -0.15) is 0 Å². The summed E-state index contributed by atoms with van der Waals surface area (Å²) in [6, 6.07) is 22.2. The van der Waals surface area contributed by atoms with Gasteiger partial charge in [0, 0.05) is 22.5 Å². The second kappa shape index (κ2) is 9.62. The Morgan fingerprint density at radius 2 is 1.33 bits per heavy atom. The lowest BCUT2D eigenvalue weighted by molar-refractivity contribution is -0.122. The molecule has 3 aromatic rings. The summed E-state index contributed by atoms with van der Waals surface area (Å²) in [5.41, 5.74) is 3.59. The normalized spacial score (nSPS) is 18.9. The van der Waals surface area contributed by atoms with Crippen LogP contribution in [0.15, 0.2) is 90.5 Å². The highest BCUT2D eigenvalue weighted by atomic mass is 16.2. The van der Waals surface area contributed by atoms with Crippen molar-refractivity contribution in [2.24, 2.45) is 11.8 Å². The van der Waals surface area contributed by atoms with Crippen molar-refractivity contribution in [2.45, 2.75) is 19.8 Å². The van der Waals surface area contributed by atoms with E-state index in [2.05, 4.69) is 10.6 Å². The molecule has 1 aliphatic carbocycles. The third kappa shape index (κ3) is 4.55. The highest BCUT2D eigenvalue weighted by Crippen LogP contribution is 2.39. The van der Waals surface area contributed by atoms with E-state index in [9.17, 15) is 19.2 Å². The summed E-state index contributed by atoms with van der Waals surface area (Å²) in [7, 11) is 0. The molecule has 0 bridgehead atoms. The van der Waals surface area contributed by atoms with E-state index in [0.29, 0.717) is 41.0 Å². The number of hydrogen-bond acceptors (Lipinski definition) is 4. The van der Waals surface area contributed by atoms with E-state index >= 15 is 0 Å². The Morgan fingerprint density at radius 1 is 0.750 bits per heavy atom. The number of nitrogens with one attached hydrogen (secondary N) is 2. The van der Waals surface area contributed by atoms with Crippen molar-refractivity contribution in [3.63, 3.8) is 0 Å². The van der Waals surface area contributed by atoms with Crippen molar-refractivity contribution in [2.75, 3.05) is 15.5 Å². The molecular weight excluding hydrogens is 454 g/mol. The highest BCUT2D eigenvalue weighted by molar-refractivity contribution is 6.22. The van der Waals surface area contributed by atoms with Crippen molar-refractivity contribution >= 4 is 40.7 Å². The van der Waals surface area contributed by atoms with Gasteiger partial charge >= 0.3 is 0 Å². The summed E-state index contributed by atoms with van der Waals surface area (Å²) < 4.78 is 0. The summed E-state index contributed by atoms with van der Waals surface area (Å²) in [5, 5.41) is 5.64. The quantitative estimate of drug-likeness (QED) is 0.396. The number of carbonyl (C=O) groups is 4. The first-order valence-electron chi connectivity index (χ1n) is 11.8. The van der Waals surface area contributed by atoms with Crippen LogP contribution in [0.3, 0.4) is 0 Å². The Morgan fingerprint density at radius 3 is 1.97 bits per heavy atom. The van der Waals surface area contributed by atoms with E-state index < -0.39 is 0 Å². The van der Waals surface area contributed by atoms with Crippen molar-refractivity contribution in [3.05, 3.63) is 102 Å². The fourth-order valence-corrected chi connectivity index (χ4v) is 4.72. The number of fused-ring (bicyclic) bond motifs is 1. The van der Waals surface area contributed by atoms with Crippen LogP contribution in [0.25, 0.3) is 0 Å². The molecule has 0 unspecified atom stereocenters. The third-order valence-electron chi connectivity index (χ3n) is 6.62. The van der Waals surface area contributed by atoms with Crippen LogP contribution in [0, 0.1) is 11.8 Å². The Kier molecular flexibility index (Phi) is 6.21. The van der Waals surface area contributed by atoms with Crippen LogP contribution < -0.4 is 15.5 Å². The van der Waals surface area contributed by atoms with Gasteiger partial charge in [0.1, 0.15) is 0 Å². The zero-order valence-electron chi connectivity index (χ0n) is 19.7. The number of rotatable bonds is 5. The van der Waals surface area contributed by atoms with E-state index in [-0.39, 0.29) is 35.5 Å². The summed E-state index contributed by atoms with van der Waals surface area (Å²) in [6.45, 7) is 1.98. The lowest BCUT2D eigenvalue weighted by atomic mass is 9.82. The first-order chi connectivity index (χ1) is 17.4. The van der Waals surface area contributed by atoms with Gasteiger partial charge in [-0.3, -0.25) is 24.1 Å². The molecule has 0 radical (unpaired) electrons. The van der Waals surface area contributed by atoms with Gasteiger partial charge in [-0.1, -0.05) is 35.9 Å². The number of imide groups is 1. The van der Waals surface area contributed by atoms with E-state index in [0.717, 1.165) is 5.57 Å². The summed E-state index contributed by atoms with van der Waals surface area (Å²) >= 11 is 0. The lowest BCUT2D eigenvalue weighted by Crippen LogP contribution is -2.30. The van der Waals surface area contributed by atoms with E-state index in [1.54, 1.807) is 72.8 Å². The van der Waals surface area contributed by atoms with Gasteiger partial charge in [0.05, 0.1) is 17.5 Å². The van der Waals surface area contributed by atoms with E-state index in [1.165, 1.54) is 4.90 Å². The van der Waals surface area contributed by atoms with Crippen molar-refractivity contribution in [3.8, 4) is 0 Å². The molecule has 2 atom stereocenters. The van der Waals surface area contributed by atoms with E-state index in [1.807, 2.05) is 19.1 Å². The number of anilines is 3. The topological polar surface area (TPSA) is 95.6 Å². The first-order valence-corrected chi connectivity index (χ1v) is 11.8. The maximum Gasteiger partial charge on any atom is 0.255 e. The molecule has 0 spiro atoms. The predicted octanol–water partition coefficient (Wildman–Crippen LogP) is 5.04. The Balaban J connectivity index is 1.25. The standard InChI is InChI=1S/C29H25N3O4/c1-18-10-15-24-25(16-18)29(36)32(28(24)35)23-13-11-20(12-14-23)27(34)31-22-9-5-8-21(17-22)30-26(33)19-6-3-2-4-7-19/h2-14,17,24-25H,15-16H2,1H3,(H,30,33)(H,31,34)/t24-,25+/m0/s1. The largest absolute Gasteiger partial charge is 0.322 e. The van der Waals surface area contributed by atoms with Crippen LogP contribution in [0.1, 0.15) is 40.5 Å². The summed E-state index contributed by atoms with van der Waals surface area (Å²) in [5.74, 6) is -1.56. The lowest BCUT2D eigenvalue weighted by Gasteiger charge is -2.18. The second-order valence-electron chi connectivity index (χ2n) is 9.12. The summed E-state index contributed by atoms with van der Waals surface area (Å²) in [4.78, 5) is 52.3. The molecule has 4 amide bonds. The number of allylic oxidation sites excluding steroid dienone is 2. The number of benzene rings is 3. The number of hydrogen-bond donors (Lipinski definition) is 2. The Labute approximate surface area is 208 Å². The number of amides is 4. The van der Waals surface area contributed by atoms with Crippen LogP contribution in [0.2, 0.25) is 0 Å². The van der Waals surface area contributed by atoms with Crippen molar-refractivity contribution in [1.29, 1.82) is 0 Å². The number of nitrogens with zero attached hydrogens (tertiary/aromatic N) is 1. The fourth-order valence-electron chi connectivity index (χ4n) is 4.72. The average Bonchev–Trinajstić information content (AvgIpc) is 3.13. The third-order valence-corrected chi connectivity index (χ3v) is 6.62. The molecule has 2 N–H and O–H groups in total. The van der Waals surface area contributed by atoms with Crippen LogP contribution in [-0.4, -0.2) is 23.6 Å². The van der Waals surface area contributed by atoms with Gasteiger partial charge in [0.2, 0.25) is 11.8 Å². The minimum absolute atomic E-state index is 0.177. The number of carbonyl (C=O) groups excluding carboxylic acids is 4. The van der Waals surface area contributed by atoms with Crippen LogP contribution in [-0.2, 0) is 9.59 Å². The SMILES string of the molecule is CC1=CC[C@@H]2C(=O)N(c3ccc(C(=O)Nc4cccc(NC(=O)c5ccccc5)c4)cc3)C(=O)[C@@H]2C1. The molecule has 5 rings (SSSR count). The van der Waals surface area contributed by atoms with Gasteiger partial charge in [-0.15, -0.1) is 0 Å². The van der Waals surface area contributed by atoms with Crippen molar-refractivity contribution < 1.29 is 19.2 Å².